The van der Waals surface area contributed by atoms with E-state index >= 15 is 0 Å². The minimum atomic E-state index is -0.996. The van der Waals surface area contributed by atoms with Gasteiger partial charge in [-0.3, -0.25) is 9.59 Å². The van der Waals surface area contributed by atoms with Crippen LogP contribution in [0.1, 0.15) is 57.7 Å². The summed E-state index contributed by atoms with van der Waals surface area (Å²) in [6.07, 6.45) is -0.763. The molecule has 2 amide bonds. The smallest absolute Gasteiger partial charge is 0.407 e. The monoisotopic (exact) mass is 493 g/mol. The Kier molecular flexibility index (Phi) is 6.88. The normalized spacial score (nSPS) is 12.5. The van der Waals surface area contributed by atoms with E-state index in [2.05, 4.69) is 39.9 Å². The number of thiazole rings is 1. The predicted octanol–water partition coefficient (Wildman–Crippen LogP) is 4.47. The number of nitrogens with one attached hydrogen (secondary N) is 2. The molecule has 1 aliphatic rings. The third kappa shape index (κ3) is 5.51. The van der Waals surface area contributed by atoms with Crippen LogP contribution in [0.25, 0.3) is 11.1 Å². The van der Waals surface area contributed by atoms with Crippen LogP contribution in [0.2, 0.25) is 0 Å². The van der Waals surface area contributed by atoms with Gasteiger partial charge in [-0.25, -0.2) is 9.78 Å². The zero-order valence-corrected chi connectivity index (χ0v) is 20.6. The molecule has 2 aromatic carbocycles. The van der Waals surface area contributed by atoms with Gasteiger partial charge in [-0.2, -0.15) is 0 Å². The molecule has 0 aliphatic heterocycles. The maximum absolute atomic E-state index is 12.6. The first kappa shape index (κ1) is 24.4. The van der Waals surface area contributed by atoms with Gasteiger partial charge in [-0.15, -0.1) is 11.3 Å². The van der Waals surface area contributed by atoms with E-state index in [0.717, 1.165) is 33.6 Å². The van der Waals surface area contributed by atoms with Crippen molar-refractivity contribution in [1.29, 1.82) is 0 Å². The van der Waals surface area contributed by atoms with Crippen molar-refractivity contribution in [3.8, 4) is 11.1 Å². The Morgan fingerprint density at radius 2 is 1.66 bits per heavy atom. The van der Waals surface area contributed by atoms with Crippen LogP contribution in [0.3, 0.4) is 0 Å². The minimum absolute atomic E-state index is 0.0280. The van der Waals surface area contributed by atoms with Crippen molar-refractivity contribution in [3.05, 3.63) is 75.2 Å². The maximum Gasteiger partial charge on any atom is 0.407 e. The summed E-state index contributed by atoms with van der Waals surface area (Å²) in [5, 5.41) is 15.0. The summed E-state index contributed by atoms with van der Waals surface area (Å²) in [4.78, 5) is 40.8. The van der Waals surface area contributed by atoms with Crippen LogP contribution in [0.15, 0.2) is 48.5 Å². The molecule has 1 heterocycles. The number of aromatic nitrogens is 1. The second kappa shape index (κ2) is 9.87. The van der Waals surface area contributed by atoms with Gasteiger partial charge in [-0.05, 0) is 43.0 Å². The van der Waals surface area contributed by atoms with Crippen molar-refractivity contribution in [2.75, 3.05) is 6.61 Å². The minimum Gasteiger partial charge on any atom is -0.481 e. The lowest BCUT2D eigenvalue weighted by atomic mass is 9.98. The van der Waals surface area contributed by atoms with Gasteiger partial charge in [-0.1, -0.05) is 48.5 Å². The number of amides is 2. The number of hydrogen-bond donors (Lipinski definition) is 3. The SMILES string of the molecule is Cc1nc(CNC(=O)OCC2c3ccccc3-c3ccccc32)sc1C(=O)NC(C)(C)CC(=O)O. The number of carboxylic acids is 1. The van der Waals surface area contributed by atoms with E-state index in [1.54, 1.807) is 20.8 Å². The van der Waals surface area contributed by atoms with Crippen molar-refractivity contribution in [3.63, 3.8) is 0 Å². The quantitative estimate of drug-likeness (QED) is 0.426. The summed E-state index contributed by atoms with van der Waals surface area (Å²) in [6, 6.07) is 16.3. The molecule has 1 aliphatic carbocycles. The van der Waals surface area contributed by atoms with E-state index in [9.17, 15) is 14.4 Å². The van der Waals surface area contributed by atoms with Crippen molar-refractivity contribution in [2.45, 2.75) is 45.2 Å². The number of carboxylic acid groups (broad SMARTS) is 1. The van der Waals surface area contributed by atoms with Gasteiger partial charge in [0.2, 0.25) is 0 Å². The molecule has 0 atom stereocenters. The number of fused-ring (bicyclic) bond motifs is 3. The van der Waals surface area contributed by atoms with E-state index in [0.29, 0.717) is 15.6 Å². The molecule has 0 spiro atoms. The number of rotatable bonds is 8. The number of carbonyl (C=O) groups is 3. The summed E-state index contributed by atoms with van der Waals surface area (Å²) >= 11 is 1.15. The van der Waals surface area contributed by atoms with Gasteiger partial charge in [0.25, 0.3) is 5.91 Å². The van der Waals surface area contributed by atoms with Crippen LogP contribution < -0.4 is 10.6 Å². The Hall–Kier alpha value is -3.72. The lowest BCUT2D eigenvalue weighted by Crippen LogP contribution is -2.44. The molecule has 3 N–H and O–H groups in total. The third-order valence-electron chi connectivity index (χ3n) is 5.82. The summed E-state index contributed by atoms with van der Waals surface area (Å²) < 4.78 is 5.54. The third-order valence-corrected chi connectivity index (χ3v) is 6.98. The van der Waals surface area contributed by atoms with Crippen molar-refractivity contribution in [2.24, 2.45) is 0 Å². The Balaban J connectivity index is 1.34. The van der Waals surface area contributed by atoms with Crippen LogP contribution in [0, 0.1) is 6.92 Å². The molecule has 0 saturated carbocycles. The lowest BCUT2D eigenvalue weighted by Gasteiger charge is -2.23. The number of aliphatic carboxylic acids is 1. The van der Waals surface area contributed by atoms with Gasteiger partial charge >= 0.3 is 12.1 Å². The van der Waals surface area contributed by atoms with Crippen LogP contribution in [0.4, 0.5) is 4.79 Å². The highest BCUT2D eigenvalue weighted by atomic mass is 32.1. The highest BCUT2D eigenvalue weighted by molar-refractivity contribution is 7.13. The van der Waals surface area contributed by atoms with Crippen LogP contribution in [-0.4, -0.2) is 40.2 Å². The Bertz CT molecular complexity index is 1240. The van der Waals surface area contributed by atoms with Gasteiger partial charge in [0, 0.05) is 11.5 Å². The fourth-order valence-electron chi connectivity index (χ4n) is 4.32. The molecular formula is C26H27N3O5S. The average molecular weight is 494 g/mol. The van der Waals surface area contributed by atoms with E-state index in [4.69, 9.17) is 9.84 Å². The van der Waals surface area contributed by atoms with Crippen molar-refractivity contribution < 1.29 is 24.2 Å². The topological polar surface area (TPSA) is 118 Å². The predicted molar refractivity (Wildman–Crippen MR) is 133 cm³/mol. The number of benzene rings is 2. The number of nitrogens with zero attached hydrogens (tertiary/aromatic N) is 1. The molecule has 0 saturated heterocycles. The highest BCUT2D eigenvalue weighted by Crippen LogP contribution is 2.44. The van der Waals surface area contributed by atoms with Crippen LogP contribution in [-0.2, 0) is 16.1 Å². The molecule has 0 fully saturated rings. The molecule has 35 heavy (non-hydrogen) atoms. The van der Waals surface area contributed by atoms with Crippen LogP contribution >= 0.6 is 11.3 Å². The fraction of sp³-hybridized carbons (Fsp3) is 0.308. The first-order valence-corrected chi connectivity index (χ1v) is 12.1. The average Bonchev–Trinajstić information content (AvgIpc) is 3.33. The first-order valence-electron chi connectivity index (χ1n) is 11.2. The largest absolute Gasteiger partial charge is 0.481 e. The van der Waals surface area contributed by atoms with Gasteiger partial charge in [0.1, 0.15) is 16.5 Å². The maximum atomic E-state index is 12.6. The fourth-order valence-corrected chi connectivity index (χ4v) is 5.22. The van der Waals surface area contributed by atoms with Gasteiger partial charge in [0.15, 0.2) is 0 Å². The van der Waals surface area contributed by atoms with Crippen LogP contribution in [0.5, 0.6) is 0 Å². The highest BCUT2D eigenvalue weighted by Gasteiger charge is 2.29. The van der Waals surface area contributed by atoms with E-state index in [-0.39, 0.29) is 25.5 Å². The number of hydrogen-bond acceptors (Lipinski definition) is 6. The number of alkyl carbamates (subject to hydrolysis) is 1. The van der Waals surface area contributed by atoms with E-state index in [1.165, 1.54) is 0 Å². The second-order valence-electron chi connectivity index (χ2n) is 9.11. The van der Waals surface area contributed by atoms with E-state index < -0.39 is 23.5 Å². The first-order chi connectivity index (χ1) is 16.6. The summed E-state index contributed by atoms with van der Waals surface area (Å²) in [7, 11) is 0. The molecule has 0 bridgehead atoms. The van der Waals surface area contributed by atoms with Gasteiger partial charge < -0.3 is 20.5 Å². The molecule has 0 radical (unpaired) electrons. The second-order valence-corrected chi connectivity index (χ2v) is 10.2. The zero-order valence-electron chi connectivity index (χ0n) is 19.8. The Labute approximate surface area is 207 Å². The number of ether oxygens (including phenoxy) is 1. The zero-order chi connectivity index (χ0) is 25.2. The molecule has 1 aromatic heterocycles. The molecule has 9 heteroatoms. The van der Waals surface area contributed by atoms with Gasteiger partial charge in [0.05, 0.1) is 18.7 Å². The summed E-state index contributed by atoms with van der Waals surface area (Å²) in [5.41, 5.74) is 4.21. The summed E-state index contributed by atoms with van der Waals surface area (Å²) in [6.45, 7) is 5.33. The van der Waals surface area contributed by atoms with Crippen molar-refractivity contribution >= 4 is 29.3 Å². The van der Waals surface area contributed by atoms with E-state index in [1.807, 2.05) is 24.3 Å². The standard InChI is InChI=1S/C26H27N3O5S/c1-15-23(24(32)29-26(2,3)12-22(30)31)35-21(28-15)13-27-25(33)34-14-20-18-10-6-4-8-16(18)17-9-5-7-11-19(17)20/h4-11,20H,12-14H2,1-3H3,(H,27,33)(H,29,32)(H,30,31). The molecule has 8 nitrogen and oxygen atoms in total. The lowest BCUT2D eigenvalue weighted by molar-refractivity contribution is -0.138. The molecule has 3 aromatic rings. The molecule has 4 rings (SSSR count). The molecular weight excluding hydrogens is 466 g/mol. The summed E-state index contributed by atoms with van der Waals surface area (Å²) in [5.74, 6) is -1.41. The Morgan fingerprint density at radius 3 is 2.26 bits per heavy atom. The van der Waals surface area contributed by atoms with Crippen molar-refractivity contribution in [1.82, 2.24) is 15.6 Å². The molecule has 0 unspecified atom stereocenters. The Morgan fingerprint density at radius 1 is 1.06 bits per heavy atom. The number of carbonyl (C=O) groups excluding carboxylic acids is 2. The number of aryl methyl sites for hydroxylation is 1. The molecule has 182 valence electrons.